The van der Waals surface area contributed by atoms with Crippen LogP contribution in [0.4, 0.5) is 10.1 Å². The number of nitrogens with two attached hydrogens (primary N) is 1. The van der Waals surface area contributed by atoms with E-state index in [1.165, 1.54) is 59.8 Å². The second-order valence-electron chi connectivity index (χ2n) is 6.42. The number of hydrogen-bond donors (Lipinski definition) is 2. The Bertz CT molecular complexity index is 1370. The van der Waals surface area contributed by atoms with Crippen LogP contribution in [0.15, 0.2) is 70.2 Å². The van der Waals surface area contributed by atoms with Gasteiger partial charge < -0.3 is 5.32 Å². The monoisotopic (exact) mass is 474 g/mol. The molecule has 31 heavy (non-hydrogen) atoms. The van der Waals surface area contributed by atoms with E-state index >= 15 is 0 Å². The predicted octanol–water partition coefficient (Wildman–Crippen LogP) is 3.88. The number of nitrogens with one attached hydrogen (secondary N) is 1. The van der Waals surface area contributed by atoms with Crippen LogP contribution in [0, 0.1) is 5.82 Å². The number of nitrogens with zero attached hydrogens (tertiary/aromatic N) is 2. The number of fused-ring (bicyclic) bond motifs is 1. The van der Waals surface area contributed by atoms with Crippen molar-refractivity contribution in [3.63, 3.8) is 0 Å². The maximum absolute atomic E-state index is 13.3. The first-order valence-electron chi connectivity index (χ1n) is 8.85. The third-order valence-electron chi connectivity index (χ3n) is 4.28. The average Bonchev–Trinajstić information content (AvgIpc) is 3.17. The molecule has 3 N–H and O–H groups in total. The fourth-order valence-electron chi connectivity index (χ4n) is 2.88. The summed E-state index contributed by atoms with van der Waals surface area (Å²) in [6.45, 7) is 0. The van der Waals surface area contributed by atoms with Crippen molar-refractivity contribution in [1.82, 2.24) is 9.97 Å². The molecule has 1 amide bonds. The summed E-state index contributed by atoms with van der Waals surface area (Å²) in [5.41, 5.74) is 2.02. The first-order chi connectivity index (χ1) is 14.8. The number of benzene rings is 2. The Balaban J connectivity index is 1.54. The molecule has 0 aliphatic carbocycles. The lowest BCUT2D eigenvalue weighted by Gasteiger charge is -2.08. The Morgan fingerprint density at radius 3 is 2.68 bits per heavy atom. The number of rotatable bonds is 6. The van der Waals surface area contributed by atoms with Gasteiger partial charge in [0.1, 0.15) is 22.0 Å². The topological polar surface area (TPSA) is 115 Å². The number of hydrogen-bond acceptors (Lipinski definition) is 7. The van der Waals surface area contributed by atoms with Crippen molar-refractivity contribution in [3.05, 3.63) is 66.1 Å². The number of amides is 1. The van der Waals surface area contributed by atoms with Crippen molar-refractivity contribution < 1.29 is 17.6 Å². The fraction of sp³-hybridized carbons (Fsp3) is 0.0500. The summed E-state index contributed by atoms with van der Waals surface area (Å²) in [5.74, 6) is -0.607. The highest BCUT2D eigenvalue weighted by Gasteiger charge is 2.15. The summed E-state index contributed by atoms with van der Waals surface area (Å²) >= 11 is 2.67. The molecule has 0 radical (unpaired) electrons. The summed E-state index contributed by atoms with van der Waals surface area (Å²) in [6.07, 6.45) is 1.43. The van der Waals surface area contributed by atoms with Crippen molar-refractivity contribution >= 4 is 54.9 Å². The van der Waals surface area contributed by atoms with Gasteiger partial charge in [0.2, 0.25) is 15.9 Å². The maximum atomic E-state index is 13.3. The Hall–Kier alpha value is -2.86. The lowest BCUT2D eigenvalue weighted by Crippen LogP contribution is -2.16. The molecule has 4 rings (SSSR count). The first-order valence-corrected chi connectivity index (χ1v) is 12.3. The zero-order valence-electron chi connectivity index (χ0n) is 15.8. The van der Waals surface area contributed by atoms with E-state index in [1.807, 2.05) is 5.38 Å². The SMILES string of the molecule is NS(=O)(=O)c1cccc(NC(=O)CSc2ncnc3scc(-c4ccc(F)cc4)c23)c1. The van der Waals surface area contributed by atoms with Gasteiger partial charge in [-0.3, -0.25) is 4.79 Å². The van der Waals surface area contributed by atoms with Crippen molar-refractivity contribution in [1.29, 1.82) is 0 Å². The number of carbonyl (C=O) groups excluding carboxylic acids is 1. The Labute approximate surface area is 185 Å². The van der Waals surface area contributed by atoms with Gasteiger partial charge in [-0.25, -0.2) is 27.9 Å². The molecular formula is C20H15FN4O3S3. The van der Waals surface area contributed by atoms with Crippen LogP contribution in [0.3, 0.4) is 0 Å². The second-order valence-corrected chi connectivity index (χ2v) is 9.81. The van der Waals surface area contributed by atoms with Crippen LogP contribution in [0.25, 0.3) is 21.3 Å². The van der Waals surface area contributed by atoms with Crippen LogP contribution in [-0.2, 0) is 14.8 Å². The lowest BCUT2D eigenvalue weighted by molar-refractivity contribution is -0.113. The summed E-state index contributed by atoms with van der Waals surface area (Å²) in [7, 11) is -3.86. The number of aromatic nitrogens is 2. The van der Waals surface area contributed by atoms with Gasteiger partial charge in [-0.05, 0) is 35.9 Å². The van der Waals surface area contributed by atoms with E-state index in [0.29, 0.717) is 10.7 Å². The molecule has 0 fully saturated rings. The maximum Gasteiger partial charge on any atom is 0.238 e. The summed E-state index contributed by atoms with van der Waals surface area (Å²) < 4.78 is 36.2. The van der Waals surface area contributed by atoms with Crippen LogP contribution in [0.5, 0.6) is 0 Å². The van der Waals surface area contributed by atoms with Crippen LogP contribution >= 0.6 is 23.1 Å². The molecule has 2 aromatic carbocycles. The van der Waals surface area contributed by atoms with Crippen LogP contribution < -0.4 is 10.5 Å². The normalized spacial score (nSPS) is 11.5. The first kappa shape index (κ1) is 21.4. The van der Waals surface area contributed by atoms with Gasteiger partial charge in [-0.1, -0.05) is 30.0 Å². The number of thiophene rings is 1. The van der Waals surface area contributed by atoms with Gasteiger partial charge >= 0.3 is 0 Å². The smallest absolute Gasteiger partial charge is 0.238 e. The molecule has 2 heterocycles. The molecule has 158 valence electrons. The van der Waals surface area contributed by atoms with Crippen molar-refractivity contribution in [2.24, 2.45) is 5.14 Å². The molecule has 0 aliphatic rings. The molecule has 0 spiro atoms. The molecule has 11 heteroatoms. The molecule has 4 aromatic rings. The Kier molecular flexibility index (Phi) is 6.01. The van der Waals surface area contributed by atoms with Crippen molar-refractivity contribution in [2.75, 3.05) is 11.1 Å². The van der Waals surface area contributed by atoms with Gasteiger partial charge in [0.05, 0.1) is 16.0 Å². The minimum Gasteiger partial charge on any atom is -0.325 e. The number of halogens is 1. The van der Waals surface area contributed by atoms with E-state index in [0.717, 1.165) is 21.3 Å². The molecule has 0 saturated heterocycles. The second kappa shape index (κ2) is 8.71. The molecule has 0 atom stereocenters. The molecular weight excluding hydrogens is 459 g/mol. The van der Waals surface area contributed by atoms with Gasteiger partial charge in [-0.15, -0.1) is 11.3 Å². The third kappa shape index (κ3) is 4.90. The van der Waals surface area contributed by atoms with Gasteiger partial charge in [0.15, 0.2) is 0 Å². The molecule has 0 saturated carbocycles. The number of primary sulfonamides is 1. The summed E-state index contributed by atoms with van der Waals surface area (Å²) in [5, 5.41) is 11.1. The minimum atomic E-state index is -3.86. The number of sulfonamides is 1. The molecule has 2 aromatic heterocycles. The minimum absolute atomic E-state index is 0.0461. The van der Waals surface area contributed by atoms with E-state index in [9.17, 15) is 17.6 Å². The predicted molar refractivity (Wildman–Crippen MR) is 120 cm³/mol. The average molecular weight is 475 g/mol. The van der Waals surface area contributed by atoms with Gasteiger partial charge in [0, 0.05) is 16.6 Å². The number of anilines is 1. The van der Waals surface area contributed by atoms with Crippen LogP contribution in [-0.4, -0.2) is 30.0 Å². The molecule has 0 bridgehead atoms. The summed E-state index contributed by atoms with van der Waals surface area (Å²) in [4.78, 5) is 21.7. The molecule has 0 unspecified atom stereocenters. The molecule has 0 aliphatic heterocycles. The van der Waals surface area contributed by atoms with E-state index in [-0.39, 0.29) is 22.4 Å². The lowest BCUT2D eigenvalue weighted by atomic mass is 10.1. The highest BCUT2D eigenvalue weighted by atomic mass is 32.2. The van der Waals surface area contributed by atoms with Crippen molar-refractivity contribution in [2.45, 2.75) is 9.92 Å². The van der Waals surface area contributed by atoms with E-state index in [4.69, 9.17) is 5.14 Å². The standard InChI is InChI=1S/C20H15FN4O3S3/c21-13-6-4-12(5-7-13)16-9-29-19-18(16)20(24-11-23-19)30-10-17(26)25-14-2-1-3-15(8-14)31(22,27)28/h1-9,11H,10H2,(H,25,26)(H2,22,27,28). The van der Waals surface area contributed by atoms with Gasteiger partial charge in [-0.2, -0.15) is 0 Å². The van der Waals surface area contributed by atoms with Crippen LogP contribution in [0.2, 0.25) is 0 Å². The van der Waals surface area contributed by atoms with E-state index in [2.05, 4.69) is 15.3 Å². The number of carbonyl (C=O) groups is 1. The zero-order chi connectivity index (χ0) is 22.0. The highest BCUT2D eigenvalue weighted by Crippen LogP contribution is 2.37. The fourth-order valence-corrected chi connectivity index (χ4v) is 5.23. The Morgan fingerprint density at radius 1 is 1.16 bits per heavy atom. The van der Waals surface area contributed by atoms with Crippen LogP contribution in [0.1, 0.15) is 0 Å². The zero-order valence-corrected chi connectivity index (χ0v) is 18.2. The Morgan fingerprint density at radius 2 is 1.94 bits per heavy atom. The molecule has 7 nitrogen and oxygen atoms in total. The third-order valence-corrected chi connectivity index (χ3v) is 7.06. The van der Waals surface area contributed by atoms with E-state index in [1.54, 1.807) is 18.2 Å². The summed E-state index contributed by atoms with van der Waals surface area (Å²) in [6, 6.07) is 11.9. The largest absolute Gasteiger partial charge is 0.325 e. The van der Waals surface area contributed by atoms with Gasteiger partial charge in [0.25, 0.3) is 0 Å². The number of thioether (sulfide) groups is 1. The van der Waals surface area contributed by atoms with E-state index < -0.39 is 10.0 Å². The quantitative estimate of drug-likeness (QED) is 0.324. The highest BCUT2D eigenvalue weighted by molar-refractivity contribution is 8.00. The van der Waals surface area contributed by atoms with Crippen molar-refractivity contribution in [3.8, 4) is 11.1 Å².